The number of fused-ring (bicyclic) bond motifs is 3. The van der Waals surface area contributed by atoms with E-state index in [-0.39, 0.29) is 22.0 Å². The predicted molar refractivity (Wildman–Crippen MR) is 88.8 cm³/mol. The van der Waals surface area contributed by atoms with Crippen LogP contribution in [0.4, 0.5) is 0 Å². The number of hydrogen-bond acceptors (Lipinski definition) is 4. The van der Waals surface area contributed by atoms with E-state index in [0.29, 0.717) is 5.78 Å². The van der Waals surface area contributed by atoms with Gasteiger partial charge in [-0.3, -0.25) is 4.79 Å². The second-order valence-electron chi connectivity index (χ2n) is 7.33. The van der Waals surface area contributed by atoms with Crippen LogP contribution in [0.3, 0.4) is 0 Å². The zero-order chi connectivity index (χ0) is 15.5. The Morgan fingerprint density at radius 2 is 1.95 bits per heavy atom. The summed E-state index contributed by atoms with van der Waals surface area (Å²) in [4.78, 5) is 21.7. The smallest absolute Gasteiger partial charge is 0.150 e. The quantitative estimate of drug-likeness (QED) is 0.783. The van der Waals surface area contributed by atoms with E-state index < -0.39 is 0 Å². The zero-order valence-electron chi connectivity index (χ0n) is 13.2. The molecule has 0 radical (unpaired) electrons. The van der Waals surface area contributed by atoms with Gasteiger partial charge in [0, 0.05) is 11.3 Å². The molecule has 2 aromatic rings. The van der Waals surface area contributed by atoms with Crippen molar-refractivity contribution in [3.05, 3.63) is 30.6 Å². The Hall–Kier alpha value is -1.42. The van der Waals surface area contributed by atoms with Crippen molar-refractivity contribution < 1.29 is 4.79 Å². The number of ketones is 1. The zero-order valence-corrected chi connectivity index (χ0v) is 14.0. The number of carbonyl (C=O) groups excluding carboxylic acids is 1. The van der Waals surface area contributed by atoms with Gasteiger partial charge in [0.05, 0.1) is 10.8 Å². The molecular formula is C18H20N2OS. The van der Waals surface area contributed by atoms with Crippen molar-refractivity contribution in [2.24, 2.45) is 16.7 Å². The Labute approximate surface area is 134 Å². The number of benzene rings is 1. The molecule has 0 spiro atoms. The maximum Gasteiger partial charge on any atom is 0.150 e. The van der Waals surface area contributed by atoms with E-state index in [2.05, 4.69) is 30.7 Å². The van der Waals surface area contributed by atoms with Crippen LogP contribution in [-0.4, -0.2) is 21.0 Å². The van der Waals surface area contributed by atoms with Crippen molar-refractivity contribution in [3.8, 4) is 0 Å². The van der Waals surface area contributed by atoms with Gasteiger partial charge < -0.3 is 0 Å². The number of hydrogen-bond donors (Lipinski definition) is 0. The van der Waals surface area contributed by atoms with Crippen LogP contribution in [0.5, 0.6) is 0 Å². The molecule has 1 heterocycles. The molecule has 3 nitrogen and oxygen atoms in total. The van der Waals surface area contributed by atoms with E-state index in [1.165, 1.54) is 0 Å². The molecule has 4 heteroatoms. The van der Waals surface area contributed by atoms with Gasteiger partial charge in [-0.1, -0.05) is 50.7 Å². The third-order valence-electron chi connectivity index (χ3n) is 6.21. The first kappa shape index (κ1) is 14.2. The molecule has 1 aromatic carbocycles. The van der Waals surface area contributed by atoms with E-state index >= 15 is 0 Å². The third-order valence-corrected chi connectivity index (χ3v) is 7.75. The summed E-state index contributed by atoms with van der Waals surface area (Å²) >= 11 is 1.65. The molecule has 22 heavy (non-hydrogen) atoms. The van der Waals surface area contributed by atoms with Gasteiger partial charge in [-0.25, -0.2) is 9.97 Å². The Morgan fingerprint density at radius 1 is 1.18 bits per heavy atom. The first-order valence-electron chi connectivity index (χ1n) is 7.85. The lowest BCUT2D eigenvalue weighted by Gasteiger charge is -2.37. The average Bonchev–Trinajstić information content (AvgIpc) is 2.81. The van der Waals surface area contributed by atoms with Gasteiger partial charge in [-0.05, 0) is 29.7 Å². The third kappa shape index (κ3) is 1.67. The minimum Gasteiger partial charge on any atom is -0.298 e. The lowest BCUT2D eigenvalue weighted by Crippen LogP contribution is -2.35. The molecule has 0 amide bonds. The summed E-state index contributed by atoms with van der Waals surface area (Å²) in [6.45, 7) is 6.82. The van der Waals surface area contributed by atoms with Crippen LogP contribution in [0, 0.1) is 16.7 Å². The molecule has 0 N–H and O–H groups in total. The van der Waals surface area contributed by atoms with Gasteiger partial charge in [-0.15, -0.1) is 0 Å². The van der Waals surface area contributed by atoms with Crippen LogP contribution in [0.25, 0.3) is 10.9 Å². The van der Waals surface area contributed by atoms with E-state index in [0.717, 1.165) is 28.8 Å². The van der Waals surface area contributed by atoms with Crippen molar-refractivity contribution >= 4 is 28.4 Å². The van der Waals surface area contributed by atoms with Crippen molar-refractivity contribution in [3.63, 3.8) is 0 Å². The monoisotopic (exact) mass is 312 g/mol. The predicted octanol–water partition coefficient (Wildman–Crippen LogP) is 4.12. The highest BCUT2D eigenvalue weighted by atomic mass is 32.2. The summed E-state index contributed by atoms with van der Waals surface area (Å²) in [5.41, 5.74) is 1.09. The van der Waals surface area contributed by atoms with Crippen LogP contribution >= 0.6 is 11.8 Å². The maximum atomic E-state index is 12.9. The molecule has 0 unspecified atom stereocenters. The number of aromatic nitrogens is 2. The van der Waals surface area contributed by atoms with Crippen LogP contribution in [0.2, 0.25) is 0 Å². The molecule has 2 aliphatic rings. The summed E-state index contributed by atoms with van der Waals surface area (Å²) < 4.78 is 0. The standard InChI is InChI=1S/C18H20N2OS/c1-17(2)12-8-9-18(17,3)15(14(12)21)22-16-11-6-4-5-7-13(11)19-10-20-16/h4-7,10,12,15H,8-9H2,1-3H3/t12-,15-,18-/m0/s1. The van der Waals surface area contributed by atoms with Gasteiger partial charge in [0.1, 0.15) is 17.1 Å². The van der Waals surface area contributed by atoms with Crippen molar-refractivity contribution in [1.29, 1.82) is 0 Å². The maximum absolute atomic E-state index is 12.9. The highest BCUT2D eigenvalue weighted by Crippen LogP contribution is 2.67. The lowest BCUT2D eigenvalue weighted by atomic mass is 9.71. The highest BCUT2D eigenvalue weighted by molar-refractivity contribution is 8.00. The second-order valence-corrected chi connectivity index (χ2v) is 8.42. The fourth-order valence-electron chi connectivity index (χ4n) is 4.36. The fourth-order valence-corrected chi connectivity index (χ4v) is 5.96. The number of rotatable bonds is 2. The molecule has 2 fully saturated rings. The summed E-state index contributed by atoms with van der Waals surface area (Å²) in [5.74, 6) is 0.634. The first-order chi connectivity index (χ1) is 10.4. The Morgan fingerprint density at radius 3 is 2.68 bits per heavy atom. The van der Waals surface area contributed by atoms with Crippen LogP contribution < -0.4 is 0 Å². The van der Waals surface area contributed by atoms with E-state index in [1.54, 1.807) is 18.1 Å². The van der Waals surface area contributed by atoms with Crippen molar-refractivity contribution in [1.82, 2.24) is 9.97 Å². The van der Waals surface area contributed by atoms with E-state index in [4.69, 9.17) is 0 Å². The van der Waals surface area contributed by atoms with Crippen molar-refractivity contribution in [2.75, 3.05) is 0 Å². The molecule has 0 aliphatic heterocycles. The molecule has 4 rings (SSSR count). The topological polar surface area (TPSA) is 42.9 Å². The van der Waals surface area contributed by atoms with E-state index in [9.17, 15) is 4.79 Å². The lowest BCUT2D eigenvalue weighted by molar-refractivity contribution is -0.122. The molecule has 3 atom stereocenters. The Bertz CT molecular complexity index is 767. The average molecular weight is 312 g/mol. The second kappa shape index (κ2) is 4.54. The largest absolute Gasteiger partial charge is 0.298 e. The molecule has 1 aromatic heterocycles. The molecular weight excluding hydrogens is 292 g/mol. The first-order valence-corrected chi connectivity index (χ1v) is 8.73. The SMILES string of the molecule is CC1(C)[C@H]2CC[C@@]1(C)[C@@H](Sc1ncnc3ccccc13)C2=O. The Balaban J connectivity index is 1.76. The van der Waals surface area contributed by atoms with Gasteiger partial charge in [-0.2, -0.15) is 0 Å². The fraction of sp³-hybridized carbons (Fsp3) is 0.500. The minimum atomic E-state index is 0.0135. The summed E-state index contributed by atoms with van der Waals surface area (Å²) in [6, 6.07) is 8.03. The van der Waals surface area contributed by atoms with Gasteiger partial charge in [0.25, 0.3) is 0 Å². The number of para-hydroxylation sites is 1. The number of nitrogens with zero attached hydrogens (tertiary/aromatic N) is 2. The molecule has 114 valence electrons. The van der Waals surface area contributed by atoms with Crippen LogP contribution in [0.15, 0.2) is 35.6 Å². The van der Waals surface area contributed by atoms with Gasteiger partial charge >= 0.3 is 0 Å². The molecule has 2 aliphatic carbocycles. The van der Waals surface area contributed by atoms with Gasteiger partial charge in [0.15, 0.2) is 0 Å². The molecule has 0 saturated heterocycles. The van der Waals surface area contributed by atoms with Crippen LogP contribution in [0.1, 0.15) is 33.6 Å². The number of thioether (sulfide) groups is 1. The summed E-state index contributed by atoms with van der Waals surface area (Å²) in [7, 11) is 0. The molecule has 2 saturated carbocycles. The molecule has 2 bridgehead atoms. The summed E-state index contributed by atoms with van der Waals surface area (Å²) in [5, 5.41) is 2.00. The normalized spacial score (nSPS) is 32.8. The number of carbonyl (C=O) groups is 1. The van der Waals surface area contributed by atoms with Crippen molar-refractivity contribution in [2.45, 2.75) is 43.9 Å². The Kier molecular flexibility index (Phi) is 2.93. The van der Waals surface area contributed by atoms with Gasteiger partial charge in [0.2, 0.25) is 0 Å². The highest BCUT2D eigenvalue weighted by Gasteiger charge is 2.66. The number of Topliss-reactive ketones (excluding diaryl/α,β-unsaturated/α-hetero) is 1. The van der Waals surface area contributed by atoms with E-state index in [1.807, 2.05) is 24.3 Å². The summed E-state index contributed by atoms with van der Waals surface area (Å²) in [6.07, 6.45) is 3.79. The van der Waals surface area contributed by atoms with Crippen LogP contribution in [-0.2, 0) is 4.79 Å². The minimum absolute atomic E-state index is 0.0135.